The fraction of sp³-hybridized carbons (Fsp3) is 0.148. The summed E-state index contributed by atoms with van der Waals surface area (Å²) in [5, 5.41) is 11.7. The zero-order valence-electron chi connectivity index (χ0n) is 20.4. The zero-order chi connectivity index (χ0) is 25.5. The predicted octanol–water partition coefficient (Wildman–Crippen LogP) is 5.59. The first-order valence-electron chi connectivity index (χ1n) is 11.7. The highest BCUT2D eigenvalue weighted by molar-refractivity contribution is 5.96. The number of methoxy groups -OCH3 is 1. The largest absolute Gasteiger partial charge is 0.497 e. The van der Waals surface area contributed by atoms with Crippen LogP contribution in [0.2, 0.25) is 0 Å². The molecule has 0 atom stereocenters. The molecule has 9 nitrogen and oxygen atoms in total. The summed E-state index contributed by atoms with van der Waals surface area (Å²) in [6.45, 7) is 4.15. The molecule has 37 heavy (non-hydrogen) atoms. The molecule has 1 aromatic carbocycles. The van der Waals surface area contributed by atoms with Gasteiger partial charge in [-0.3, -0.25) is 15.1 Å². The van der Waals surface area contributed by atoms with Gasteiger partial charge in [0, 0.05) is 47.2 Å². The first kappa shape index (κ1) is 22.6. The van der Waals surface area contributed by atoms with Crippen molar-refractivity contribution in [3.8, 4) is 39.7 Å². The maximum Gasteiger partial charge on any atom is 0.178 e. The third kappa shape index (κ3) is 4.22. The normalized spacial score (nSPS) is 11.5. The number of halogens is 1. The number of H-pyrrole nitrogens is 2. The van der Waals surface area contributed by atoms with Crippen LogP contribution in [-0.2, 0) is 0 Å². The molecule has 0 unspecified atom stereocenters. The number of benzene rings is 1. The Bertz CT molecular complexity index is 1760. The number of ether oxygens (including phenoxy) is 1. The van der Waals surface area contributed by atoms with E-state index < -0.39 is 0 Å². The molecule has 0 aliphatic rings. The number of aromatic amines is 2. The fourth-order valence-corrected chi connectivity index (χ4v) is 4.35. The molecule has 3 N–H and O–H groups in total. The molecule has 5 heterocycles. The van der Waals surface area contributed by atoms with Crippen molar-refractivity contribution >= 4 is 27.8 Å². The minimum atomic E-state index is -0.389. The second-order valence-electron chi connectivity index (χ2n) is 8.97. The summed E-state index contributed by atoms with van der Waals surface area (Å²) in [6.07, 6.45) is 6.97. The summed E-state index contributed by atoms with van der Waals surface area (Å²) in [5.41, 5.74) is 6.54. The van der Waals surface area contributed by atoms with Crippen LogP contribution in [0.4, 0.5) is 10.1 Å². The van der Waals surface area contributed by atoms with E-state index in [1.54, 1.807) is 30.9 Å². The Hall–Kier alpha value is -4.86. The third-order valence-electron chi connectivity index (χ3n) is 5.97. The highest BCUT2D eigenvalue weighted by Crippen LogP contribution is 2.33. The van der Waals surface area contributed by atoms with Crippen LogP contribution in [-0.4, -0.2) is 48.3 Å². The third-order valence-corrected chi connectivity index (χ3v) is 5.97. The van der Waals surface area contributed by atoms with Gasteiger partial charge in [-0.25, -0.2) is 14.4 Å². The smallest absolute Gasteiger partial charge is 0.178 e. The minimum Gasteiger partial charge on any atom is -0.497 e. The first-order valence-corrected chi connectivity index (χ1v) is 11.7. The van der Waals surface area contributed by atoms with Crippen LogP contribution in [0, 0.1) is 5.82 Å². The highest BCUT2D eigenvalue weighted by Gasteiger charge is 2.17. The Balaban J connectivity index is 1.45. The van der Waals surface area contributed by atoms with Gasteiger partial charge in [0.25, 0.3) is 0 Å². The standard InChI is InChI=1S/C27H23FN8O/c1-14(2)32-18-7-16(11-29-12-18)22-10-21-23(13-31-22)35-36-25(21)27-33-24-20(4-5-30-26(24)34-27)15-6-17(28)9-19(8-15)37-3/h4-14,32H,1-3H3,(H,35,36)(H,30,33,34). The summed E-state index contributed by atoms with van der Waals surface area (Å²) in [4.78, 5) is 21.4. The monoisotopic (exact) mass is 494 g/mol. The summed E-state index contributed by atoms with van der Waals surface area (Å²) >= 11 is 0. The number of rotatable bonds is 6. The number of nitrogens with one attached hydrogen (secondary N) is 3. The Morgan fingerprint density at radius 2 is 1.89 bits per heavy atom. The second-order valence-corrected chi connectivity index (χ2v) is 8.97. The number of imidazole rings is 1. The van der Waals surface area contributed by atoms with Crippen LogP contribution < -0.4 is 10.1 Å². The molecule has 10 heteroatoms. The number of anilines is 1. The molecule has 0 saturated heterocycles. The quantitative estimate of drug-likeness (QED) is 0.276. The minimum absolute atomic E-state index is 0.285. The molecular weight excluding hydrogens is 471 g/mol. The lowest BCUT2D eigenvalue weighted by molar-refractivity contribution is 0.411. The molecule has 0 fully saturated rings. The Kier molecular flexibility index (Phi) is 5.48. The topological polar surface area (TPSA) is 117 Å². The van der Waals surface area contributed by atoms with Gasteiger partial charge < -0.3 is 15.0 Å². The van der Waals surface area contributed by atoms with Gasteiger partial charge in [0.15, 0.2) is 11.5 Å². The van der Waals surface area contributed by atoms with E-state index in [-0.39, 0.29) is 11.9 Å². The lowest BCUT2D eigenvalue weighted by Gasteiger charge is -2.10. The molecular formula is C27H23FN8O. The molecule has 0 amide bonds. The summed E-state index contributed by atoms with van der Waals surface area (Å²) < 4.78 is 19.5. The molecule has 0 spiro atoms. The van der Waals surface area contributed by atoms with E-state index in [1.165, 1.54) is 19.2 Å². The first-order chi connectivity index (χ1) is 18.0. The van der Waals surface area contributed by atoms with E-state index in [0.29, 0.717) is 34.0 Å². The van der Waals surface area contributed by atoms with Crippen LogP contribution in [0.1, 0.15) is 13.8 Å². The van der Waals surface area contributed by atoms with Crippen molar-refractivity contribution in [1.82, 2.24) is 35.1 Å². The van der Waals surface area contributed by atoms with Gasteiger partial charge in [0.1, 0.15) is 17.3 Å². The van der Waals surface area contributed by atoms with Crippen LogP contribution in [0.5, 0.6) is 5.75 Å². The van der Waals surface area contributed by atoms with E-state index in [4.69, 9.17) is 4.74 Å². The predicted molar refractivity (Wildman–Crippen MR) is 141 cm³/mol. The van der Waals surface area contributed by atoms with Crippen molar-refractivity contribution in [2.24, 2.45) is 0 Å². The van der Waals surface area contributed by atoms with Gasteiger partial charge in [0.2, 0.25) is 0 Å². The average Bonchev–Trinajstić information content (AvgIpc) is 3.51. The van der Waals surface area contributed by atoms with Crippen molar-refractivity contribution in [2.45, 2.75) is 19.9 Å². The summed E-state index contributed by atoms with van der Waals surface area (Å²) in [5.74, 6) is 0.578. The van der Waals surface area contributed by atoms with Gasteiger partial charge in [-0.05, 0) is 49.7 Å². The van der Waals surface area contributed by atoms with Gasteiger partial charge in [0.05, 0.1) is 35.7 Å². The molecule has 0 aliphatic heterocycles. The van der Waals surface area contributed by atoms with Crippen LogP contribution in [0.25, 0.3) is 56.0 Å². The fourth-order valence-electron chi connectivity index (χ4n) is 4.35. The lowest BCUT2D eigenvalue weighted by atomic mass is 10.1. The van der Waals surface area contributed by atoms with E-state index in [0.717, 1.165) is 33.4 Å². The van der Waals surface area contributed by atoms with Gasteiger partial charge in [-0.1, -0.05) is 0 Å². The van der Waals surface area contributed by atoms with E-state index in [2.05, 4.69) is 54.3 Å². The molecule has 184 valence electrons. The molecule has 0 saturated carbocycles. The number of nitrogens with zero attached hydrogens (tertiary/aromatic N) is 5. The number of fused-ring (bicyclic) bond motifs is 2. The van der Waals surface area contributed by atoms with E-state index >= 15 is 0 Å². The summed E-state index contributed by atoms with van der Waals surface area (Å²) in [7, 11) is 1.51. The molecule has 5 aromatic heterocycles. The Morgan fingerprint density at radius 3 is 2.73 bits per heavy atom. The van der Waals surface area contributed by atoms with E-state index in [1.807, 2.05) is 18.2 Å². The molecule has 6 rings (SSSR count). The van der Waals surface area contributed by atoms with Gasteiger partial charge in [-0.2, -0.15) is 5.10 Å². The number of hydrogen-bond donors (Lipinski definition) is 3. The molecule has 0 bridgehead atoms. The van der Waals surface area contributed by atoms with Crippen molar-refractivity contribution in [1.29, 1.82) is 0 Å². The van der Waals surface area contributed by atoms with Crippen LogP contribution in [0.15, 0.2) is 61.2 Å². The summed E-state index contributed by atoms with van der Waals surface area (Å²) in [6, 6.07) is 10.6. The number of hydrogen-bond acceptors (Lipinski definition) is 7. The van der Waals surface area contributed by atoms with Crippen LogP contribution >= 0.6 is 0 Å². The zero-order valence-corrected chi connectivity index (χ0v) is 20.4. The van der Waals surface area contributed by atoms with Gasteiger partial charge >= 0.3 is 0 Å². The van der Waals surface area contributed by atoms with Crippen molar-refractivity contribution in [3.63, 3.8) is 0 Å². The van der Waals surface area contributed by atoms with E-state index in [9.17, 15) is 4.39 Å². The molecule has 0 radical (unpaired) electrons. The number of pyridine rings is 3. The molecule has 0 aliphatic carbocycles. The van der Waals surface area contributed by atoms with Crippen molar-refractivity contribution in [3.05, 3.63) is 67.0 Å². The van der Waals surface area contributed by atoms with Crippen LogP contribution in [0.3, 0.4) is 0 Å². The molecule has 6 aromatic rings. The lowest BCUT2D eigenvalue weighted by Crippen LogP contribution is -2.09. The average molecular weight is 495 g/mol. The highest BCUT2D eigenvalue weighted by atomic mass is 19.1. The maximum atomic E-state index is 14.2. The Morgan fingerprint density at radius 1 is 1.00 bits per heavy atom. The second kappa shape index (κ2) is 8.98. The Labute approximate surface area is 211 Å². The van der Waals surface area contributed by atoms with Crippen molar-refractivity contribution in [2.75, 3.05) is 12.4 Å². The maximum absolute atomic E-state index is 14.2. The van der Waals surface area contributed by atoms with Crippen molar-refractivity contribution < 1.29 is 9.13 Å². The van der Waals surface area contributed by atoms with Gasteiger partial charge in [-0.15, -0.1) is 0 Å². The number of aromatic nitrogens is 7. The SMILES string of the molecule is COc1cc(F)cc(-c2ccnc3nc(-c4n[nH]c5cnc(-c6cncc(NC(C)C)c6)cc45)[nH]c23)c1.